The van der Waals surface area contributed by atoms with Crippen LogP contribution in [0.3, 0.4) is 0 Å². The summed E-state index contributed by atoms with van der Waals surface area (Å²) in [5, 5.41) is 2.47. The molecule has 34 heavy (non-hydrogen) atoms. The summed E-state index contributed by atoms with van der Waals surface area (Å²) < 4.78 is 18.7. The Morgan fingerprint density at radius 1 is 0.971 bits per heavy atom. The third-order valence-electron chi connectivity index (χ3n) is 5.42. The average Bonchev–Trinajstić information content (AvgIpc) is 2.79. The van der Waals surface area contributed by atoms with Gasteiger partial charge in [0.1, 0.15) is 23.7 Å². The molecule has 6 nitrogen and oxygen atoms in total. The van der Waals surface area contributed by atoms with E-state index >= 15 is 0 Å². The van der Waals surface area contributed by atoms with Crippen LogP contribution in [0.5, 0.6) is 5.75 Å². The molecule has 4 rings (SSSR count). The first-order valence-corrected chi connectivity index (χ1v) is 10.8. The number of carbonyl (C=O) groups is 3. The highest BCUT2D eigenvalue weighted by molar-refractivity contribution is 6.39. The molecule has 0 spiro atoms. The van der Waals surface area contributed by atoms with Gasteiger partial charge in [0.25, 0.3) is 11.8 Å². The lowest BCUT2D eigenvalue weighted by Gasteiger charge is -2.26. The molecule has 0 aromatic heterocycles. The maximum atomic E-state index is 13.1. The molecule has 1 saturated heterocycles. The fourth-order valence-corrected chi connectivity index (χ4v) is 3.63. The number of amides is 4. The Balaban J connectivity index is 1.56. The summed E-state index contributed by atoms with van der Waals surface area (Å²) >= 11 is 6.33. The first-order valence-electron chi connectivity index (χ1n) is 10.4. The highest BCUT2D eigenvalue weighted by Gasteiger charge is 2.36. The van der Waals surface area contributed by atoms with Gasteiger partial charge < -0.3 is 4.74 Å². The Hall–Kier alpha value is -3.97. The molecule has 0 unspecified atom stereocenters. The van der Waals surface area contributed by atoms with Crippen LogP contribution in [0.15, 0.2) is 66.2 Å². The van der Waals surface area contributed by atoms with Crippen molar-refractivity contribution in [1.29, 1.82) is 0 Å². The number of rotatable bonds is 5. The van der Waals surface area contributed by atoms with Crippen LogP contribution in [0.25, 0.3) is 6.08 Å². The van der Waals surface area contributed by atoms with Gasteiger partial charge in [-0.2, -0.15) is 0 Å². The standard InChI is InChI=1S/C26H20ClFN2O4/c1-15-3-9-20(11-16(15)2)30-25(32)21(24(31)29-26(30)33)12-18-6-10-23(22(27)13-18)34-14-17-4-7-19(28)8-5-17/h3-13H,14H2,1-2H3,(H,29,31,33)/b21-12+. The molecule has 1 heterocycles. The smallest absolute Gasteiger partial charge is 0.335 e. The number of hydrogen-bond acceptors (Lipinski definition) is 4. The molecule has 1 fully saturated rings. The molecular formula is C26H20ClFN2O4. The second-order valence-corrected chi connectivity index (χ2v) is 8.24. The maximum Gasteiger partial charge on any atom is 0.335 e. The average molecular weight is 479 g/mol. The van der Waals surface area contributed by atoms with Crippen molar-refractivity contribution in [2.75, 3.05) is 4.90 Å². The van der Waals surface area contributed by atoms with Crippen molar-refractivity contribution in [2.45, 2.75) is 20.5 Å². The summed E-state index contributed by atoms with van der Waals surface area (Å²) in [6, 6.07) is 15.0. The number of imide groups is 2. The topological polar surface area (TPSA) is 75.7 Å². The minimum Gasteiger partial charge on any atom is -0.487 e. The van der Waals surface area contributed by atoms with Crippen LogP contribution in [0.1, 0.15) is 22.3 Å². The number of nitrogens with one attached hydrogen (secondary N) is 1. The van der Waals surface area contributed by atoms with Crippen molar-refractivity contribution in [2.24, 2.45) is 0 Å². The van der Waals surface area contributed by atoms with Gasteiger partial charge in [-0.1, -0.05) is 35.9 Å². The maximum absolute atomic E-state index is 13.1. The summed E-state index contributed by atoms with van der Waals surface area (Å²) in [5.74, 6) is -1.47. The molecule has 0 saturated carbocycles. The van der Waals surface area contributed by atoms with E-state index < -0.39 is 17.8 Å². The minimum atomic E-state index is -0.807. The molecular weight excluding hydrogens is 459 g/mol. The normalized spacial score (nSPS) is 15.0. The van der Waals surface area contributed by atoms with E-state index in [2.05, 4.69) is 5.32 Å². The largest absolute Gasteiger partial charge is 0.487 e. The van der Waals surface area contributed by atoms with E-state index in [-0.39, 0.29) is 23.0 Å². The molecule has 1 aliphatic rings. The zero-order chi connectivity index (χ0) is 24.4. The second kappa shape index (κ2) is 9.49. The molecule has 4 amide bonds. The predicted octanol–water partition coefficient (Wildman–Crippen LogP) is 5.34. The van der Waals surface area contributed by atoms with Gasteiger partial charge in [-0.3, -0.25) is 14.9 Å². The van der Waals surface area contributed by atoms with Gasteiger partial charge in [0, 0.05) is 0 Å². The van der Waals surface area contributed by atoms with E-state index in [1.807, 2.05) is 13.8 Å². The van der Waals surface area contributed by atoms with Crippen molar-refractivity contribution >= 4 is 41.2 Å². The van der Waals surface area contributed by atoms with Crippen LogP contribution >= 0.6 is 11.6 Å². The van der Waals surface area contributed by atoms with Crippen molar-refractivity contribution in [3.63, 3.8) is 0 Å². The number of hydrogen-bond donors (Lipinski definition) is 1. The van der Waals surface area contributed by atoms with Crippen molar-refractivity contribution < 1.29 is 23.5 Å². The number of benzene rings is 3. The zero-order valence-electron chi connectivity index (χ0n) is 18.4. The Kier molecular flexibility index (Phi) is 6.47. The highest BCUT2D eigenvalue weighted by atomic mass is 35.5. The summed E-state index contributed by atoms with van der Waals surface area (Å²) in [4.78, 5) is 38.8. The van der Waals surface area contributed by atoms with Gasteiger partial charge >= 0.3 is 6.03 Å². The third kappa shape index (κ3) is 4.84. The molecule has 1 aliphatic heterocycles. The Bertz CT molecular complexity index is 1340. The van der Waals surface area contributed by atoms with Gasteiger partial charge in [-0.05, 0) is 78.6 Å². The lowest BCUT2D eigenvalue weighted by atomic mass is 10.0. The molecule has 0 aliphatic carbocycles. The number of anilines is 1. The molecule has 8 heteroatoms. The Morgan fingerprint density at radius 3 is 2.38 bits per heavy atom. The highest BCUT2D eigenvalue weighted by Crippen LogP contribution is 2.29. The molecule has 0 atom stereocenters. The van der Waals surface area contributed by atoms with Crippen molar-refractivity contribution in [3.05, 3.63) is 99.3 Å². The number of halogens is 2. The van der Waals surface area contributed by atoms with Crippen molar-refractivity contribution in [1.82, 2.24) is 5.32 Å². The van der Waals surface area contributed by atoms with Crippen LogP contribution in [-0.4, -0.2) is 17.8 Å². The van der Waals surface area contributed by atoms with Gasteiger partial charge in [-0.25, -0.2) is 14.1 Å². The number of ether oxygens (including phenoxy) is 1. The molecule has 172 valence electrons. The van der Waals surface area contributed by atoms with E-state index in [1.165, 1.54) is 18.2 Å². The van der Waals surface area contributed by atoms with Gasteiger partial charge in [0.15, 0.2) is 0 Å². The Labute approximate surface area is 200 Å². The summed E-state index contributed by atoms with van der Waals surface area (Å²) in [5.41, 5.74) is 3.33. The molecule has 3 aromatic rings. The van der Waals surface area contributed by atoms with E-state index in [0.29, 0.717) is 17.0 Å². The molecule has 3 aromatic carbocycles. The zero-order valence-corrected chi connectivity index (χ0v) is 19.2. The third-order valence-corrected chi connectivity index (χ3v) is 5.72. The fraction of sp³-hybridized carbons (Fsp3) is 0.115. The number of aryl methyl sites for hydroxylation is 2. The number of urea groups is 1. The van der Waals surface area contributed by atoms with Gasteiger partial charge in [0.05, 0.1) is 10.7 Å². The lowest BCUT2D eigenvalue weighted by Crippen LogP contribution is -2.54. The quantitative estimate of drug-likeness (QED) is 0.396. The van der Waals surface area contributed by atoms with E-state index in [0.717, 1.165) is 21.6 Å². The molecule has 1 N–H and O–H groups in total. The van der Waals surface area contributed by atoms with Crippen LogP contribution in [-0.2, 0) is 16.2 Å². The fourth-order valence-electron chi connectivity index (χ4n) is 3.39. The van der Waals surface area contributed by atoms with Crippen LogP contribution < -0.4 is 15.0 Å². The SMILES string of the molecule is Cc1ccc(N2C(=O)NC(=O)/C(=C\c3ccc(OCc4ccc(F)cc4)c(Cl)c3)C2=O)cc1C. The van der Waals surface area contributed by atoms with E-state index in [1.54, 1.807) is 48.5 Å². The van der Waals surface area contributed by atoms with Crippen LogP contribution in [0.2, 0.25) is 5.02 Å². The van der Waals surface area contributed by atoms with Crippen LogP contribution in [0, 0.1) is 19.7 Å². The van der Waals surface area contributed by atoms with E-state index in [9.17, 15) is 18.8 Å². The Morgan fingerprint density at radius 2 is 1.71 bits per heavy atom. The monoisotopic (exact) mass is 478 g/mol. The summed E-state index contributed by atoms with van der Waals surface area (Å²) in [6.07, 6.45) is 1.37. The number of carbonyl (C=O) groups excluding carboxylic acids is 3. The minimum absolute atomic E-state index is 0.189. The predicted molar refractivity (Wildman–Crippen MR) is 127 cm³/mol. The van der Waals surface area contributed by atoms with Gasteiger partial charge in [-0.15, -0.1) is 0 Å². The van der Waals surface area contributed by atoms with Crippen LogP contribution in [0.4, 0.5) is 14.9 Å². The molecule has 0 radical (unpaired) electrons. The first kappa shape index (κ1) is 23.2. The first-order chi connectivity index (χ1) is 16.2. The van der Waals surface area contributed by atoms with Gasteiger partial charge in [0.2, 0.25) is 0 Å². The number of barbiturate groups is 1. The lowest BCUT2D eigenvalue weighted by molar-refractivity contribution is -0.122. The summed E-state index contributed by atoms with van der Waals surface area (Å²) in [6.45, 7) is 3.98. The summed E-state index contributed by atoms with van der Waals surface area (Å²) in [7, 11) is 0. The number of nitrogens with zero attached hydrogens (tertiary/aromatic N) is 1. The molecule has 0 bridgehead atoms. The van der Waals surface area contributed by atoms with Crippen molar-refractivity contribution in [3.8, 4) is 5.75 Å². The second-order valence-electron chi connectivity index (χ2n) is 7.83. The van der Waals surface area contributed by atoms with E-state index in [4.69, 9.17) is 16.3 Å².